The average molecular weight is 360 g/mol. The third kappa shape index (κ3) is 5.36. The van der Waals surface area contributed by atoms with Crippen molar-refractivity contribution in [1.82, 2.24) is 9.99 Å². The van der Waals surface area contributed by atoms with E-state index in [9.17, 15) is 4.79 Å². The van der Waals surface area contributed by atoms with Crippen molar-refractivity contribution in [3.8, 4) is 5.75 Å². The maximum atomic E-state index is 11.8. The molecule has 3 rings (SSSR count). The zero-order valence-electron chi connectivity index (χ0n) is 14.0. The quantitative estimate of drug-likeness (QED) is 0.621. The van der Waals surface area contributed by atoms with Gasteiger partial charge in [-0.2, -0.15) is 5.10 Å². The van der Waals surface area contributed by atoms with Gasteiger partial charge in [0.25, 0.3) is 5.91 Å². The smallest absolute Gasteiger partial charge is 0.277 e. The summed E-state index contributed by atoms with van der Waals surface area (Å²) >= 11 is 5.86. The molecule has 132 valence electrons. The van der Waals surface area contributed by atoms with Crippen LogP contribution in [0.5, 0.6) is 5.75 Å². The van der Waals surface area contributed by atoms with Crippen LogP contribution in [0, 0.1) is 0 Å². The number of hydrazone groups is 1. The fraction of sp³-hybridized carbons (Fsp3) is 0.368. The van der Waals surface area contributed by atoms with Crippen LogP contribution in [0.4, 0.5) is 0 Å². The van der Waals surface area contributed by atoms with Crippen molar-refractivity contribution in [2.24, 2.45) is 5.10 Å². The van der Waals surface area contributed by atoms with E-state index in [2.05, 4.69) is 27.5 Å². The van der Waals surface area contributed by atoms with E-state index in [0.717, 1.165) is 5.56 Å². The van der Waals surface area contributed by atoms with Gasteiger partial charge in [-0.05, 0) is 37.1 Å². The third-order valence-electron chi connectivity index (χ3n) is 4.30. The molecule has 1 fully saturated rings. The molecule has 0 saturated heterocycles. The van der Waals surface area contributed by atoms with Crippen LogP contribution in [0.25, 0.3) is 0 Å². The molecule has 6 heteroatoms. The number of carbonyl (C=O) groups excluding carboxylic acids is 1. The zero-order valence-corrected chi connectivity index (χ0v) is 14.8. The van der Waals surface area contributed by atoms with Crippen molar-refractivity contribution in [2.75, 3.05) is 6.61 Å². The lowest BCUT2D eigenvalue weighted by Crippen LogP contribution is -2.24. The Balaban J connectivity index is 1.44. The molecule has 0 bridgehead atoms. The molecule has 0 aliphatic heterocycles. The monoisotopic (exact) mass is 359 g/mol. The molecule has 0 radical (unpaired) electrons. The van der Waals surface area contributed by atoms with E-state index in [1.54, 1.807) is 30.5 Å². The fourth-order valence-electron chi connectivity index (χ4n) is 3.03. The van der Waals surface area contributed by atoms with Gasteiger partial charge in [0.05, 0.1) is 6.21 Å². The van der Waals surface area contributed by atoms with Crippen molar-refractivity contribution < 1.29 is 9.53 Å². The predicted octanol–water partition coefficient (Wildman–Crippen LogP) is 4.18. The van der Waals surface area contributed by atoms with E-state index in [4.69, 9.17) is 16.3 Å². The second kappa shape index (κ2) is 8.72. The van der Waals surface area contributed by atoms with Crippen LogP contribution in [-0.2, 0) is 4.79 Å². The molecule has 0 atom stereocenters. The van der Waals surface area contributed by atoms with Gasteiger partial charge in [0.15, 0.2) is 6.61 Å². The molecule has 1 heterocycles. The number of rotatable bonds is 6. The average Bonchev–Trinajstić information content (AvgIpc) is 3.10. The lowest BCUT2D eigenvalue weighted by atomic mass is 9.95. The number of amides is 1. The van der Waals surface area contributed by atoms with Gasteiger partial charge in [0.2, 0.25) is 0 Å². The van der Waals surface area contributed by atoms with Gasteiger partial charge in [-0.3, -0.25) is 4.79 Å². The maximum Gasteiger partial charge on any atom is 0.277 e. The molecule has 0 spiro atoms. The Hall–Kier alpha value is -2.27. The topological polar surface area (TPSA) is 55.6 Å². The minimum Gasteiger partial charge on any atom is -0.484 e. The summed E-state index contributed by atoms with van der Waals surface area (Å²) in [5.74, 6) is 0.235. The molecule has 5 nitrogen and oxygen atoms in total. The SMILES string of the molecule is O=C(COc1cccc(Cl)c1)N/N=C/c1ccn(C2CCCCC2)c1. The largest absolute Gasteiger partial charge is 0.484 e. The van der Waals surface area contributed by atoms with Crippen LogP contribution >= 0.6 is 11.6 Å². The summed E-state index contributed by atoms with van der Waals surface area (Å²) in [6.45, 7) is -0.110. The van der Waals surface area contributed by atoms with Gasteiger partial charge < -0.3 is 9.30 Å². The summed E-state index contributed by atoms with van der Waals surface area (Å²) in [5, 5.41) is 4.55. The van der Waals surface area contributed by atoms with Crippen molar-refractivity contribution >= 4 is 23.7 Å². The molecule has 2 aromatic rings. The molecule has 0 unspecified atom stereocenters. The molecule has 25 heavy (non-hydrogen) atoms. The van der Waals surface area contributed by atoms with Crippen molar-refractivity contribution in [2.45, 2.75) is 38.1 Å². The van der Waals surface area contributed by atoms with Crippen LogP contribution in [0.3, 0.4) is 0 Å². The molecular formula is C19H22ClN3O2. The highest BCUT2D eigenvalue weighted by atomic mass is 35.5. The summed E-state index contributed by atoms with van der Waals surface area (Å²) in [4.78, 5) is 11.8. The Morgan fingerprint density at radius 1 is 1.32 bits per heavy atom. The Morgan fingerprint density at radius 2 is 2.16 bits per heavy atom. The summed E-state index contributed by atoms with van der Waals surface area (Å²) in [6, 6.07) is 9.52. The molecule has 1 N–H and O–H groups in total. The first-order valence-electron chi connectivity index (χ1n) is 8.58. The van der Waals surface area contributed by atoms with Crippen LogP contribution in [0.15, 0.2) is 47.8 Å². The number of aromatic nitrogens is 1. The Labute approximate surface area is 152 Å². The predicted molar refractivity (Wildman–Crippen MR) is 99.2 cm³/mol. The van der Waals surface area contributed by atoms with Gasteiger partial charge >= 0.3 is 0 Å². The number of carbonyl (C=O) groups is 1. The minimum atomic E-state index is -0.317. The number of halogens is 1. The van der Waals surface area contributed by atoms with E-state index in [-0.39, 0.29) is 12.5 Å². The number of ether oxygens (including phenoxy) is 1. The lowest BCUT2D eigenvalue weighted by Gasteiger charge is -2.23. The van der Waals surface area contributed by atoms with Crippen LogP contribution in [-0.4, -0.2) is 23.3 Å². The highest BCUT2D eigenvalue weighted by Gasteiger charge is 2.14. The standard InChI is InChI=1S/C19H22ClN3O2/c20-16-5-4-8-18(11-16)25-14-19(24)22-21-12-15-9-10-23(13-15)17-6-2-1-3-7-17/h4-5,8-13,17H,1-3,6-7,14H2,(H,22,24)/b21-12+. The Morgan fingerprint density at radius 3 is 2.96 bits per heavy atom. The summed E-state index contributed by atoms with van der Waals surface area (Å²) < 4.78 is 7.61. The first kappa shape index (κ1) is 17.5. The van der Waals surface area contributed by atoms with Crippen LogP contribution in [0.1, 0.15) is 43.7 Å². The van der Waals surface area contributed by atoms with E-state index in [0.29, 0.717) is 16.8 Å². The minimum absolute atomic E-state index is 0.110. The summed E-state index contributed by atoms with van der Waals surface area (Å²) in [7, 11) is 0. The Kier molecular flexibility index (Phi) is 6.12. The molecule has 1 aromatic carbocycles. The normalized spacial score (nSPS) is 15.4. The Bertz CT molecular complexity index is 736. The van der Waals surface area contributed by atoms with Crippen LogP contribution < -0.4 is 10.2 Å². The highest BCUT2D eigenvalue weighted by Crippen LogP contribution is 2.28. The fourth-order valence-corrected chi connectivity index (χ4v) is 3.21. The van der Waals surface area contributed by atoms with Crippen LogP contribution in [0.2, 0.25) is 5.02 Å². The number of benzene rings is 1. The number of nitrogens with one attached hydrogen (secondary N) is 1. The van der Waals surface area contributed by atoms with Crippen molar-refractivity contribution in [3.63, 3.8) is 0 Å². The summed E-state index contributed by atoms with van der Waals surface area (Å²) in [5.41, 5.74) is 3.44. The van der Waals surface area contributed by atoms with Crippen molar-refractivity contribution in [3.05, 3.63) is 53.3 Å². The highest BCUT2D eigenvalue weighted by molar-refractivity contribution is 6.30. The lowest BCUT2D eigenvalue weighted by molar-refractivity contribution is -0.123. The number of hydrogen-bond acceptors (Lipinski definition) is 3. The number of nitrogens with zero attached hydrogens (tertiary/aromatic N) is 2. The number of hydrogen-bond donors (Lipinski definition) is 1. The first-order valence-corrected chi connectivity index (χ1v) is 8.96. The molecular weight excluding hydrogens is 338 g/mol. The molecule has 1 saturated carbocycles. The van der Waals surface area contributed by atoms with Crippen molar-refractivity contribution in [1.29, 1.82) is 0 Å². The molecule has 1 amide bonds. The first-order chi connectivity index (χ1) is 12.2. The maximum absolute atomic E-state index is 11.8. The van der Waals surface area contributed by atoms with Gasteiger partial charge in [-0.15, -0.1) is 0 Å². The third-order valence-corrected chi connectivity index (χ3v) is 4.54. The molecule has 1 aliphatic rings. The van der Waals surface area contributed by atoms with E-state index in [1.807, 2.05) is 6.07 Å². The zero-order chi connectivity index (χ0) is 17.5. The van der Waals surface area contributed by atoms with Gasteiger partial charge in [0.1, 0.15) is 5.75 Å². The van der Waals surface area contributed by atoms with E-state index >= 15 is 0 Å². The summed E-state index contributed by atoms with van der Waals surface area (Å²) in [6.07, 6.45) is 12.2. The molecule has 1 aliphatic carbocycles. The van der Waals surface area contributed by atoms with E-state index < -0.39 is 0 Å². The van der Waals surface area contributed by atoms with E-state index in [1.165, 1.54) is 32.1 Å². The second-order valence-corrected chi connectivity index (χ2v) is 6.66. The van der Waals surface area contributed by atoms with Gasteiger partial charge in [-0.1, -0.05) is 36.9 Å². The second-order valence-electron chi connectivity index (χ2n) is 6.22. The molecule has 1 aromatic heterocycles. The van der Waals surface area contributed by atoms with Gasteiger partial charge in [0, 0.05) is 29.0 Å². The van der Waals surface area contributed by atoms with Gasteiger partial charge in [-0.25, -0.2) is 5.43 Å².